The van der Waals surface area contributed by atoms with Crippen molar-refractivity contribution in [2.24, 2.45) is 0 Å². The molecule has 18 heavy (non-hydrogen) atoms. The first-order valence-corrected chi connectivity index (χ1v) is 5.76. The van der Waals surface area contributed by atoms with Crippen LogP contribution in [0.4, 0.5) is 0 Å². The number of hydrogen-bond acceptors (Lipinski definition) is 5. The molecule has 1 N–H and O–H groups in total. The Hall–Kier alpha value is -1.72. The normalized spacial score (nSPS) is 14.4. The molecule has 0 spiro atoms. The van der Waals surface area contributed by atoms with Gasteiger partial charge >= 0.3 is 0 Å². The van der Waals surface area contributed by atoms with E-state index >= 15 is 0 Å². The van der Waals surface area contributed by atoms with E-state index in [1.807, 2.05) is 37.3 Å². The summed E-state index contributed by atoms with van der Waals surface area (Å²) in [5.74, 6) is 0.642. The first kappa shape index (κ1) is 12.7. The van der Waals surface area contributed by atoms with Crippen molar-refractivity contribution in [2.75, 3.05) is 7.11 Å². The lowest BCUT2D eigenvalue weighted by molar-refractivity contribution is 0.134. The molecule has 1 aromatic carbocycles. The van der Waals surface area contributed by atoms with E-state index in [-0.39, 0.29) is 5.92 Å². The van der Waals surface area contributed by atoms with Gasteiger partial charge in [0.2, 0.25) is 5.89 Å². The van der Waals surface area contributed by atoms with E-state index in [2.05, 4.69) is 10.1 Å². The van der Waals surface area contributed by atoms with Crippen LogP contribution in [0.3, 0.4) is 0 Å². The maximum absolute atomic E-state index is 10.2. The zero-order valence-corrected chi connectivity index (χ0v) is 10.4. The molecule has 0 saturated heterocycles. The predicted molar refractivity (Wildman–Crippen MR) is 64.8 cm³/mol. The van der Waals surface area contributed by atoms with Crippen molar-refractivity contribution in [3.8, 4) is 0 Å². The van der Waals surface area contributed by atoms with E-state index in [4.69, 9.17) is 9.26 Å². The molecule has 96 valence electrons. The molecule has 2 aromatic rings. The maximum atomic E-state index is 10.2. The van der Waals surface area contributed by atoms with Gasteiger partial charge in [-0.2, -0.15) is 4.98 Å². The number of methoxy groups -OCH3 is 1. The minimum atomic E-state index is -0.665. The summed E-state index contributed by atoms with van der Waals surface area (Å²) in [6.07, 6.45) is -0.665. The van der Waals surface area contributed by atoms with E-state index in [1.54, 1.807) is 7.11 Å². The highest BCUT2D eigenvalue weighted by molar-refractivity contribution is 5.20. The Morgan fingerprint density at radius 3 is 2.72 bits per heavy atom. The first-order valence-electron chi connectivity index (χ1n) is 5.76. The molecular weight excluding hydrogens is 232 g/mol. The predicted octanol–water partition coefficient (Wildman–Crippen LogP) is 2.05. The third-order valence-electron chi connectivity index (χ3n) is 2.76. The van der Waals surface area contributed by atoms with Crippen LogP contribution in [0, 0.1) is 0 Å². The zero-order chi connectivity index (χ0) is 13.0. The standard InChI is InChI=1S/C13H16N2O3/c1-9(12(16)10-6-4-3-5-7-10)13-14-11(8-17-2)15-18-13/h3-7,9,12,16H,8H2,1-2H3. The average molecular weight is 248 g/mol. The molecule has 0 fully saturated rings. The van der Waals surface area contributed by atoms with Gasteiger partial charge < -0.3 is 14.4 Å². The molecule has 1 heterocycles. The number of nitrogens with zero attached hydrogens (tertiary/aromatic N) is 2. The fraction of sp³-hybridized carbons (Fsp3) is 0.385. The molecule has 5 nitrogen and oxygen atoms in total. The highest BCUT2D eigenvalue weighted by Crippen LogP contribution is 2.29. The van der Waals surface area contributed by atoms with E-state index in [0.29, 0.717) is 18.3 Å². The smallest absolute Gasteiger partial charge is 0.232 e. The third-order valence-corrected chi connectivity index (χ3v) is 2.76. The van der Waals surface area contributed by atoms with Gasteiger partial charge in [0.1, 0.15) is 6.61 Å². The number of hydrogen-bond donors (Lipinski definition) is 1. The summed E-state index contributed by atoms with van der Waals surface area (Å²) >= 11 is 0. The number of aliphatic hydroxyl groups is 1. The fourth-order valence-electron chi connectivity index (χ4n) is 1.71. The Bertz CT molecular complexity index is 484. The second kappa shape index (κ2) is 5.75. The lowest BCUT2D eigenvalue weighted by atomic mass is 9.97. The molecule has 0 bridgehead atoms. The number of aromatic nitrogens is 2. The van der Waals surface area contributed by atoms with Crippen molar-refractivity contribution in [1.29, 1.82) is 0 Å². The number of aliphatic hydroxyl groups excluding tert-OH is 1. The van der Waals surface area contributed by atoms with Crippen molar-refractivity contribution in [1.82, 2.24) is 10.1 Å². The van der Waals surface area contributed by atoms with Gasteiger partial charge in [0.15, 0.2) is 5.82 Å². The Morgan fingerprint density at radius 2 is 2.06 bits per heavy atom. The van der Waals surface area contributed by atoms with Crippen LogP contribution >= 0.6 is 0 Å². The van der Waals surface area contributed by atoms with Crippen molar-refractivity contribution in [3.63, 3.8) is 0 Å². The molecule has 2 unspecified atom stereocenters. The van der Waals surface area contributed by atoms with Gasteiger partial charge in [-0.3, -0.25) is 0 Å². The van der Waals surface area contributed by atoms with E-state index < -0.39 is 6.10 Å². The molecule has 0 amide bonds. The molecule has 5 heteroatoms. The Balaban J connectivity index is 2.12. The number of rotatable bonds is 5. The van der Waals surface area contributed by atoms with Gasteiger partial charge in [0.05, 0.1) is 12.0 Å². The lowest BCUT2D eigenvalue weighted by Crippen LogP contribution is -2.08. The van der Waals surface area contributed by atoms with Crippen LogP contribution in [0.25, 0.3) is 0 Å². The highest BCUT2D eigenvalue weighted by atomic mass is 16.5. The second-order valence-electron chi connectivity index (χ2n) is 4.13. The van der Waals surface area contributed by atoms with E-state index in [0.717, 1.165) is 5.56 Å². The quantitative estimate of drug-likeness (QED) is 0.877. The van der Waals surface area contributed by atoms with Gasteiger partial charge in [0.25, 0.3) is 0 Å². The summed E-state index contributed by atoms with van der Waals surface area (Å²) in [7, 11) is 1.57. The van der Waals surface area contributed by atoms with Crippen LogP contribution < -0.4 is 0 Å². The lowest BCUT2D eigenvalue weighted by Gasteiger charge is -2.15. The topological polar surface area (TPSA) is 68.4 Å². The minimum Gasteiger partial charge on any atom is -0.388 e. The van der Waals surface area contributed by atoms with E-state index in [9.17, 15) is 5.11 Å². The summed E-state index contributed by atoms with van der Waals surface area (Å²) in [5, 5.41) is 14.0. The van der Waals surface area contributed by atoms with Gasteiger partial charge in [-0.05, 0) is 5.56 Å². The van der Waals surface area contributed by atoms with Crippen molar-refractivity contribution in [3.05, 3.63) is 47.6 Å². The highest BCUT2D eigenvalue weighted by Gasteiger charge is 2.23. The number of ether oxygens (including phenoxy) is 1. The van der Waals surface area contributed by atoms with Gasteiger partial charge in [-0.1, -0.05) is 42.4 Å². The molecule has 1 aromatic heterocycles. The van der Waals surface area contributed by atoms with Gasteiger partial charge in [-0.25, -0.2) is 0 Å². The largest absolute Gasteiger partial charge is 0.388 e. The van der Waals surface area contributed by atoms with Crippen LogP contribution in [0.5, 0.6) is 0 Å². The van der Waals surface area contributed by atoms with Crippen molar-refractivity contribution >= 4 is 0 Å². The molecule has 2 rings (SSSR count). The summed E-state index contributed by atoms with van der Waals surface area (Å²) in [6.45, 7) is 2.15. The van der Waals surface area contributed by atoms with Crippen LogP contribution in [-0.4, -0.2) is 22.4 Å². The molecule has 0 aliphatic rings. The second-order valence-corrected chi connectivity index (χ2v) is 4.13. The molecule has 2 atom stereocenters. The average Bonchev–Trinajstić information content (AvgIpc) is 2.87. The zero-order valence-electron chi connectivity index (χ0n) is 10.4. The Labute approximate surface area is 105 Å². The summed E-state index contributed by atoms with van der Waals surface area (Å²) in [5.41, 5.74) is 0.830. The van der Waals surface area contributed by atoms with Crippen molar-refractivity contribution < 1.29 is 14.4 Å². The van der Waals surface area contributed by atoms with Crippen LogP contribution in [-0.2, 0) is 11.3 Å². The van der Waals surface area contributed by atoms with Crippen LogP contribution in [0.15, 0.2) is 34.9 Å². The SMILES string of the molecule is COCc1noc(C(C)C(O)c2ccccc2)n1. The Morgan fingerprint density at radius 1 is 1.33 bits per heavy atom. The monoisotopic (exact) mass is 248 g/mol. The van der Waals surface area contributed by atoms with E-state index in [1.165, 1.54) is 0 Å². The summed E-state index contributed by atoms with van der Waals surface area (Å²) in [4.78, 5) is 4.18. The molecule has 0 saturated carbocycles. The molecule has 0 aliphatic carbocycles. The number of benzene rings is 1. The maximum Gasteiger partial charge on any atom is 0.232 e. The third kappa shape index (κ3) is 2.75. The molecule has 0 aliphatic heterocycles. The molecular formula is C13H16N2O3. The molecule has 0 radical (unpaired) electrons. The fourth-order valence-corrected chi connectivity index (χ4v) is 1.71. The minimum absolute atomic E-state index is 0.259. The summed E-state index contributed by atoms with van der Waals surface area (Å²) < 4.78 is 10.0. The van der Waals surface area contributed by atoms with Crippen LogP contribution in [0.1, 0.15) is 36.2 Å². The first-order chi connectivity index (χ1) is 8.72. The van der Waals surface area contributed by atoms with Gasteiger partial charge in [-0.15, -0.1) is 0 Å². The summed E-state index contributed by atoms with van der Waals surface area (Å²) in [6, 6.07) is 9.41. The van der Waals surface area contributed by atoms with Crippen molar-refractivity contribution in [2.45, 2.75) is 25.6 Å². The van der Waals surface area contributed by atoms with Gasteiger partial charge in [0, 0.05) is 7.11 Å². The van der Waals surface area contributed by atoms with Crippen LogP contribution in [0.2, 0.25) is 0 Å². The Kier molecular flexibility index (Phi) is 4.07.